The fourth-order valence-corrected chi connectivity index (χ4v) is 3.75. The van der Waals surface area contributed by atoms with E-state index in [0.29, 0.717) is 31.0 Å². The van der Waals surface area contributed by atoms with E-state index in [9.17, 15) is 4.79 Å². The van der Waals surface area contributed by atoms with Gasteiger partial charge in [-0.1, -0.05) is 19.3 Å². The molecule has 23 heavy (non-hydrogen) atoms. The Balaban J connectivity index is 1.57. The third-order valence-corrected chi connectivity index (χ3v) is 4.98. The van der Waals surface area contributed by atoms with E-state index in [2.05, 4.69) is 9.97 Å². The Morgan fingerprint density at radius 2 is 2.04 bits per heavy atom. The fraction of sp³-hybridized carbons (Fsp3) is 0.500. The first-order valence-electron chi connectivity index (χ1n) is 8.41. The molecular weight excluding hydrogens is 290 g/mol. The van der Waals surface area contributed by atoms with Crippen molar-refractivity contribution in [2.45, 2.75) is 37.7 Å². The summed E-state index contributed by atoms with van der Waals surface area (Å²) in [6, 6.07) is 7.55. The van der Waals surface area contributed by atoms with Crippen molar-refractivity contribution in [3.63, 3.8) is 0 Å². The zero-order valence-corrected chi connectivity index (χ0v) is 13.2. The summed E-state index contributed by atoms with van der Waals surface area (Å²) in [4.78, 5) is 23.4. The Morgan fingerprint density at radius 3 is 2.91 bits per heavy atom. The van der Waals surface area contributed by atoms with E-state index in [1.165, 1.54) is 19.3 Å². The number of hydrogen-bond donors (Lipinski definition) is 0. The lowest BCUT2D eigenvalue weighted by Gasteiger charge is -2.44. The first-order valence-corrected chi connectivity index (χ1v) is 8.41. The van der Waals surface area contributed by atoms with Crippen molar-refractivity contribution in [2.24, 2.45) is 0 Å². The van der Waals surface area contributed by atoms with Gasteiger partial charge in [0.2, 0.25) is 0 Å². The van der Waals surface area contributed by atoms with Gasteiger partial charge in [0.1, 0.15) is 5.69 Å². The number of amides is 1. The highest BCUT2D eigenvalue weighted by Crippen LogP contribution is 2.34. The van der Waals surface area contributed by atoms with Gasteiger partial charge in [0.25, 0.3) is 5.91 Å². The van der Waals surface area contributed by atoms with Gasteiger partial charge in [-0.15, -0.1) is 0 Å². The minimum absolute atomic E-state index is 0.00852. The van der Waals surface area contributed by atoms with Gasteiger partial charge in [0.15, 0.2) is 5.65 Å². The van der Waals surface area contributed by atoms with Gasteiger partial charge in [0.05, 0.1) is 18.8 Å². The summed E-state index contributed by atoms with van der Waals surface area (Å²) in [6.07, 6.45) is 7.49. The Morgan fingerprint density at radius 1 is 1.17 bits per heavy atom. The van der Waals surface area contributed by atoms with E-state index < -0.39 is 0 Å². The average molecular weight is 311 g/mol. The molecule has 4 rings (SSSR count). The number of carbonyl (C=O) groups excluding carboxylic acids is 1. The van der Waals surface area contributed by atoms with E-state index in [1.54, 1.807) is 12.3 Å². The van der Waals surface area contributed by atoms with E-state index >= 15 is 0 Å². The van der Waals surface area contributed by atoms with Crippen LogP contribution in [0.25, 0.3) is 11.0 Å². The van der Waals surface area contributed by atoms with Crippen molar-refractivity contribution in [1.29, 1.82) is 0 Å². The molecule has 0 N–H and O–H groups in total. The maximum atomic E-state index is 12.8. The SMILES string of the molecule is O=C(c1ccc2cccnc2n1)N1CCOC2(CCCCC2)C1. The number of nitrogens with zero attached hydrogens (tertiary/aromatic N) is 3. The molecule has 1 amide bonds. The van der Waals surface area contributed by atoms with Crippen LogP contribution in [0.4, 0.5) is 0 Å². The normalized spacial score (nSPS) is 20.8. The van der Waals surface area contributed by atoms with E-state index in [4.69, 9.17) is 4.74 Å². The number of aromatic nitrogens is 2. The second kappa shape index (κ2) is 5.89. The van der Waals surface area contributed by atoms with Crippen LogP contribution in [-0.2, 0) is 4.74 Å². The Labute approximate surface area is 135 Å². The maximum absolute atomic E-state index is 12.8. The van der Waals surface area contributed by atoms with Gasteiger partial charge in [-0.25, -0.2) is 9.97 Å². The summed E-state index contributed by atoms with van der Waals surface area (Å²) in [5, 5.41) is 0.953. The highest BCUT2D eigenvalue weighted by atomic mass is 16.5. The van der Waals surface area contributed by atoms with Crippen molar-refractivity contribution in [3.8, 4) is 0 Å². The summed E-state index contributed by atoms with van der Waals surface area (Å²) in [7, 11) is 0. The van der Waals surface area contributed by atoms with Crippen molar-refractivity contribution in [3.05, 3.63) is 36.2 Å². The zero-order valence-electron chi connectivity index (χ0n) is 13.2. The number of ether oxygens (including phenoxy) is 1. The molecule has 1 aliphatic carbocycles. The van der Waals surface area contributed by atoms with Gasteiger partial charge in [-0.05, 0) is 37.1 Å². The molecule has 0 atom stereocenters. The fourth-order valence-electron chi connectivity index (χ4n) is 3.75. The van der Waals surface area contributed by atoms with Gasteiger partial charge >= 0.3 is 0 Å². The lowest BCUT2D eigenvalue weighted by molar-refractivity contribution is -0.117. The number of hydrogen-bond acceptors (Lipinski definition) is 4. The predicted molar refractivity (Wildman–Crippen MR) is 87.2 cm³/mol. The number of rotatable bonds is 1. The molecular formula is C18H21N3O2. The smallest absolute Gasteiger partial charge is 0.272 e. The van der Waals surface area contributed by atoms with Crippen LogP contribution in [0.5, 0.6) is 0 Å². The molecule has 1 spiro atoms. The van der Waals surface area contributed by atoms with Crippen LogP contribution >= 0.6 is 0 Å². The third-order valence-electron chi connectivity index (χ3n) is 4.98. The first kappa shape index (κ1) is 14.6. The van der Waals surface area contributed by atoms with Crippen LogP contribution in [-0.4, -0.2) is 46.1 Å². The third kappa shape index (κ3) is 2.81. The minimum atomic E-state index is -0.124. The molecule has 2 aromatic heterocycles. The predicted octanol–water partition coefficient (Wildman–Crippen LogP) is 2.81. The summed E-state index contributed by atoms with van der Waals surface area (Å²) in [5.41, 5.74) is 0.976. The van der Waals surface area contributed by atoms with Crippen LogP contribution in [0.1, 0.15) is 42.6 Å². The molecule has 0 bridgehead atoms. The quantitative estimate of drug-likeness (QED) is 0.812. The molecule has 1 saturated carbocycles. The van der Waals surface area contributed by atoms with Crippen molar-refractivity contribution in [1.82, 2.24) is 14.9 Å². The van der Waals surface area contributed by atoms with Crippen LogP contribution in [0, 0.1) is 0 Å². The summed E-state index contributed by atoms with van der Waals surface area (Å²) >= 11 is 0. The van der Waals surface area contributed by atoms with Crippen LogP contribution in [0.2, 0.25) is 0 Å². The zero-order chi connectivity index (χ0) is 15.7. The number of fused-ring (bicyclic) bond motifs is 1. The molecule has 1 aliphatic heterocycles. The van der Waals surface area contributed by atoms with E-state index in [0.717, 1.165) is 18.2 Å². The van der Waals surface area contributed by atoms with Gasteiger partial charge in [-0.3, -0.25) is 4.79 Å². The molecule has 120 valence electrons. The summed E-state index contributed by atoms with van der Waals surface area (Å²) in [6.45, 7) is 1.95. The van der Waals surface area contributed by atoms with Gasteiger partial charge in [0, 0.05) is 18.1 Å². The molecule has 1 saturated heterocycles. The molecule has 5 heteroatoms. The highest BCUT2D eigenvalue weighted by Gasteiger charge is 2.39. The standard InChI is InChI=1S/C18H21N3O2/c22-17(15-7-6-14-5-4-10-19-16(14)20-15)21-11-12-23-18(13-21)8-2-1-3-9-18/h4-7,10H,1-3,8-9,11-13H2. The first-order chi connectivity index (χ1) is 11.3. The van der Waals surface area contributed by atoms with Gasteiger partial charge in [-0.2, -0.15) is 0 Å². The number of morpholine rings is 1. The maximum Gasteiger partial charge on any atom is 0.272 e. The van der Waals surface area contributed by atoms with E-state index in [-0.39, 0.29) is 11.5 Å². The van der Waals surface area contributed by atoms with Crippen LogP contribution < -0.4 is 0 Å². The topological polar surface area (TPSA) is 55.3 Å². The summed E-state index contributed by atoms with van der Waals surface area (Å²) in [5.74, 6) is -0.00852. The van der Waals surface area contributed by atoms with Crippen molar-refractivity contribution >= 4 is 16.9 Å². The van der Waals surface area contributed by atoms with E-state index in [1.807, 2.05) is 23.1 Å². The molecule has 5 nitrogen and oxygen atoms in total. The second-order valence-corrected chi connectivity index (χ2v) is 6.57. The Hall–Kier alpha value is -2.01. The Kier molecular flexibility index (Phi) is 3.73. The molecule has 3 heterocycles. The largest absolute Gasteiger partial charge is 0.371 e. The average Bonchev–Trinajstić information content (AvgIpc) is 2.61. The Bertz CT molecular complexity index is 720. The lowest BCUT2D eigenvalue weighted by Crippen LogP contribution is -2.54. The minimum Gasteiger partial charge on any atom is -0.371 e. The number of carbonyl (C=O) groups is 1. The molecule has 2 fully saturated rings. The second-order valence-electron chi connectivity index (χ2n) is 6.57. The highest BCUT2D eigenvalue weighted by molar-refractivity contribution is 5.94. The van der Waals surface area contributed by atoms with Crippen LogP contribution in [0.3, 0.4) is 0 Å². The van der Waals surface area contributed by atoms with Crippen molar-refractivity contribution < 1.29 is 9.53 Å². The molecule has 2 aromatic rings. The number of pyridine rings is 2. The van der Waals surface area contributed by atoms with Crippen LogP contribution in [0.15, 0.2) is 30.5 Å². The summed E-state index contributed by atoms with van der Waals surface area (Å²) < 4.78 is 6.07. The monoisotopic (exact) mass is 311 g/mol. The molecule has 0 unspecified atom stereocenters. The van der Waals surface area contributed by atoms with Crippen molar-refractivity contribution in [2.75, 3.05) is 19.7 Å². The van der Waals surface area contributed by atoms with Gasteiger partial charge < -0.3 is 9.64 Å². The molecule has 0 aromatic carbocycles. The lowest BCUT2D eigenvalue weighted by atomic mass is 9.83. The molecule has 0 radical (unpaired) electrons. The molecule has 2 aliphatic rings.